The Morgan fingerprint density at radius 3 is 2.43 bits per heavy atom. The number of rotatable bonds is 7. The van der Waals surface area contributed by atoms with Gasteiger partial charge in [0.05, 0.1) is 6.61 Å². The topological polar surface area (TPSA) is 26.3 Å². The van der Waals surface area contributed by atoms with Gasteiger partial charge >= 0.3 is 5.97 Å². The van der Waals surface area contributed by atoms with E-state index in [2.05, 4.69) is 27.7 Å². The number of esters is 1. The first-order chi connectivity index (χ1) is 6.56. The monoisotopic (exact) mass is 200 g/mol. The lowest BCUT2D eigenvalue weighted by molar-refractivity contribution is -0.144. The number of carbonyl (C=O) groups is 1. The zero-order valence-corrected chi connectivity index (χ0v) is 10.0. The Labute approximate surface area is 88.0 Å². The van der Waals surface area contributed by atoms with E-state index in [0.29, 0.717) is 24.9 Å². The van der Waals surface area contributed by atoms with Crippen molar-refractivity contribution in [1.29, 1.82) is 0 Å². The molecule has 0 radical (unpaired) electrons. The molecule has 0 aliphatic heterocycles. The lowest BCUT2D eigenvalue weighted by atomic mass is 9.96. The molecular weight excluding hydrogens is 176 g/mol. The third kappa shape index (κ3) is 8.09. The van der Waals surface area contributed by atoms with Crippen molar-refractivity contribution in [1.82, 2.24) is 0 Å². The van der Waals surface area contributed by atoms with Gasteiger partial charge in [0.1, 0.15) is 0 Å². The lowest BCUT2D eigenvalue weighted by Gasteiger charge is -2.12. The summed E-state index contributed by atoms with van der Waals surface area (Å²) < 4.78 is 5.10. The van der Waals surface area contributed by atoms with Gasteiger partial charge in [0.15, 0.2) is 0 Å². The fourth-order valence-electron chi connectivity index (χ4n) is 1.56. The van der Waals surface area contributed by atoms with Gasteiger partial charge in [0.25, 0.3) is 0 Å². The zero-order chi connectivity index (χ0) is 11.0. The molecule has 0 saturated carbocycles. The largest absolute Gasteiger partial charge is 0.466 e. The van der Waals surface area contributed by atoms with E-state index >= 15 is 0 Å². The fraction of sp³-hybridized carbons (Fsp3) is 0.917. The van der Waals surface area contributed by atoms with Gasteiger partial charge in [-0.25, -0.2) is 0 Å². The van der Waals surface area contributed by atoms with Gasteiger partial charge in [-0.2, -0.15) is 0 Å². The molecule has 0 N–H and O–H groups in total. The molecular formula is C12H24O2. The van der Waals surface area contributed by atoms with Crippen LogP contribution in [0.25, 0.3) is 0 Å². The third-order valence-electron chi connectivity index (χ3n) is 2.15. The van der Waals surface area contributed by atoms with E-state index in [1.165, 1.54) is 0 Å². The summed E-state index contributed by atoms with van der Waals surface area (Å²) >= 11 is 0. The Kier molecular flexibility index (Phi) is 7.54. The van der Waals surface area contributed by atoms with Gasteiger partial charge in [0, 0.05) is 6.42 Å². The number of unbranched alkanes of at least 4 members (excludes halogenated alkanes) is 1. The highest BCUT2D eigenvalue weighted by atomic mass is 16.5. The van der Waals surface area contributed by atoms with Crippen molar-refractivity contribution in [3.8, 4) is 0 Å². The molecule has 0 amide bonds. The van der Waals surface area contributed by atoms with Crippen LogP contribution in [0.1, 0.15) is 53.4 Å². The molecule has 0 spiro atoms. The van der Waals surface area contributed by atoms with E-state index in [1.807, 2.05) is 0 Å². The molecule has 84 valence electrons. The molecule has 0 aliphatic rings. The summed E-state index contributed by atoms with van der Waals surface area (Å²) in [7, 11) is 0. The van der Waals surface area contributed by atoms with Crippen molar-refractivity contribution in [3.63, 3.8) is 0 Å². The van der Waals surface area contributed by atoms with Gasteiger partial charge in [-0.05, 0) is 24.7 Å². The Morgan fingerprint density at radius 1 is 1.29 bits per heavy atom. The molecule has 0 fully saturated rings. The predicted octanol–water partition coefficient (Wildman–Crippen LogP) is 3.40. The van der Waals surface area contributed by atoms with Crippen LogP contribution in [-0.4, -0.2) is 12.6 Å². The molecule has 2 nitrogen and oxygen atoms in total. The lowest BCUT2D eigenvalue weighted by Crippen LogP contribution is -2.11. The second-order valence-electron chi connectivity index (χ2n) is 4.51. The summed E-state index contributed by atoms with van der Waals surface area (Å²) in [6, 6.07) is 0. The first-order valence-corrected chi connectivity index (χ1v) is 5.71. The van der Waals surface area contributed by atoms with Gasteiger partial charge in [-0.3, -0.25) is 4.79 Å². The molecule has 0 aromatic rings. The zero-order valence-electron chi connectivity index (χ0n) is 10.0. The maximum Gasteiger partial charge on any atom is 0.306 e. The molecule has 0 aliphatic carbocycles. The number of hydrogen-bond donors (Lipinski definition) is 0. The number of ether oxygens (including phenoxy) is 1. The first-order valence-electron chi connectivity index (χ1n) is 5.71. The van der Waals surface area contributed by atoms with E-state index < -0.39 is 0 Å². The van der Waals surface area contributed by atoms with Gasteiger partial charge < -0.3 is 4.74 Å². The van der Waals surface area contributed by atoms with Crippen LogP contribution >= 0.6 is 0 Å². The van der Waals surface area contributed by atoms with Crippen LogP contribution < -0.4 is 0 Å². The standard InChI is InChI=1S/C12H24O2/c1-5-6-7-14-12(13)9-11(4)8-10(2)3/h10-11H,5-9H2,1-4H3. The van der Waals surface area contributed by atoms with Crippen LogP contribution in [-0.2, 0) is 9.53 Å². The SMILES string of the molecule is CCCCOC(=O)CC(C)CC(C)C. The second-order valence-corrected chi connectivity index (χ2v) is 4.51. The van der Waals surface area contributed by atoms with Crippen molar-refractivity contribution in [3.05, 3.63) is 0 Å². The van der Waals surface area contributed by atoms with Crippen LogP contribution in [0.4, 0.5) is 0 Å². The van der Waals surface area contributed by atoms with Crippen molar-refractivity contribution in [2.45, 2.75) is 53.4 Å². The number of carbonyl (C=O) groups excluding carboxylic acids is 1. The van der Waals surface area contributed by atoms with E-state index in [-0.39, 0.29) is 5.97 Å². The smallest absolute Gasteiger partial charge is 0.306 e. The van der Waals surface area contributed by atoms with E-state index in [9.17, 15) is 4.79 Å². The van der Waals surface area contributed by atoms with Crippen molar-refractivity contribution in [2.24, 2.45) is 11.8 Å². The highest BCUT2D eigenvalue weighted by molar-refractivity contribution is 5.69. The Hall–Kier alpha value is -0.530. The van der Waals surface area contributed by atoms with Crippen molar-refractivity contribution < 1.29 is 9.53 Å². The first kappa shape index (κ1) is 13.5. The maximum absolute atomic E-state index is 11.3. The summed E-state index contributed by atoms with van der Waals surface area (Å²) in [5, 5.41) is 0. The van der Waals surface area contributed by atoms with Crippen LogP contribution in [0.3, 0.4) is 0 Å². The van der Waals surface area contributed by atoms with Crippen LogP contribution in [0.15, 0.2) is 0 Å². The Morgan fingerprint density at radius 2 is 1.93 bits per heavy atom. The highest BCUT2D eigenvalue weighted by Crippen LogP contribution is 2.14. The molecule has 2 heteroatoms. The third-order valence-corrected chi connectivity index (χ3v) is 2.15. The molecule has 0 saturated heterocycles. The Balaban J connectivity index is 3.50. The highest BCUT2D eigenvalue weighted by Gasteiger charge is 2.11. The maximum atomic E-state index is 11.3. The van der Waals surface area contributed by atoms with Crippen LogP contribution in [0, 0.1) is 11.8 Å². The molecule has 0 bridgehead atoms. The van der Waals surface area contributed by atoms with Crippen molar-refractivity contribution >= 4 is 5.97 Å². The second kappa shape index (κ2) is 7.84. The summed E-state index contributed by atoms with van der Waals surface area (Å²) in [6.45, 7) is 9.15. The molecule has 1 atom stereocenters. The fourth-order valence-corrected chi connectivity index (χ4v) is 1.56. The number of hydrogen-bond acceptors (Lipinski definition) is 2. The minimum Gasteiger partial charge on any atom is -0.466 e. The average Bonchev–Trinajstić information content (AvgIpc) is 2.02. The van der Waals surface area contributed by atoms with Crippen LogP contribution in [0.5, 0.6) is 0 Å². The van der Waals surface area contributed by atoms with Gasteiger partial charge in [-0.1, -0.05) is 34.1 Å². The quantitative estimate of drug-likeness (QED) is 0.465. The van der Waals surface area contributed by atoms with Gasteiger partial charge in [0.2, 0.25) is 0 Å². The normalized spacial score (nSPS) is 12.9. The Bertz CT molecular complexity index is 152. The molecule has 14 heavy (non-hydrogen) atoms. The van der Waals surface area contributed by atoms with Gasteiger partial charge in [-0.15, -0.1) is 0 Å². The molecule has 0 heterocycles. The summed E-state index contributed by atoms with van der Waals surface area (Å²) in [4.78, 5) is 11.3. The summed E-state index contributed by atoms with van der Waals surface area (Å²) in [6.07, 6.45) is 3.73. The molecule has 0 rings (SSSR count). The van der Waals surface area contributed by atoms with Crippen molar-refractivity contribution in [2.75, 3.05) is 6.61 Å². The van der Waals surface area contributed by atoms with E-state index in [0.717, 1.165) is 19.3 Å². The molecule has 0 aromatic carbocycles. The summed E-state index contributed by atoms with van der Waals surface area (Å²) in [5.41, 5.74) is 0. The predicted molar refractivity (Wildman–Crippen MR) is 59.1 cm³/mol. The minimum absolute atomic E-state index is 0.0356. The average molecular weight is 200 g/mol. The minimum atomic E-state index is -0.0356. The van der Waals surface area contributed by atoms with E-state index in [1.54, 1.807) is 0 Å². The van der Waals surface area contributed by atoms with E-state index in [4.69, 9.17) is 4.74 Å². The molecule has 1 unspecified atom stereocenters. The molecule has 0 aromatic heterocycles. The van der Waals surface area contributed by atoms with Crippen LogP contribution in [0.2, 0.25) is 0 Å². The summed E-state index contributed by atoms with van der Waals surface area (Å²) in [5.74, 6) is 1.07.